The van der Waals surface area contributed by atoms with Crippen molar-refractivity contribution >= 4 is 17.8 Å². The molecular formula is C17H13NO4. The molecule has 0 N–H and O–H groups in total. The lowest BCUT2D eigenvalue weighted by Gasteiger charge is -2.22. The van der Waals surface area contributed by atoms with Crippen LogP contribution < -0.4 is 0 Å². The average molecular weight is 295 g/mol. The lowest BCUT2D eigenvalue weighted by atomic mass is 10.1. The highest BCUT2D eigenvalue weighted by Gasteiger charge is 2.42. The number of fused-ring (bicyclic) bond motifs is 1. The number of imide groups is 1. The zero-order chi connectivity index (χ0) is 15.7. The topological polar surface area (TPSA) is 63.7 Å². The number of hydrogen-bond acceptors (Lipinski definition) is 4. The number of amides is 2. The van der Waals surface area contributed by atoms with E-state index in [1.165, 1.54) is 6.92 Å². The number of nitrogens with zero attached hydrogens (tertiary/aromatic N) is 1. The van der Waals surface area contributed by atoms with Crippen LogP contribution >= 0.6 is 0 Å². The van der Waals surface area contributed by atoms with Crippen molar-refractivity contribution in [1.82, 2.24) is 4.90 Å². The molecule has 0 saturated heterocycles. The van der Waals surface area contributed by atoms with Crippen molar-refractivity contribution in [1.29, 1.82) is 0 Å². The second-order valence-corrected chi connectivity index (χ2v) is 4.90. The van der Waals surface area contributed by atoms with Gasteiger partial charge in [-0.1, -0.05) is 36.4 Å². The zero-order valence-corrected chi connectivity index (χ0v) is 11.9. The van der Waals surface area contributed by atoms with E-state index in [2.05, 4.69) is 0 Å². The molecule has 1 aliphatic rings. The first-order valence-corrected chi connectivity index (χ1v) is 6.78. The number of carbonyl (C=O) groups excluding carboxylic acids is 3. The molecule has 1 atom stereocenters. The predicted octanol–water partition coefficient (Wildman–Crippen LogP) is 2.54. The van der Waals surface area contributed by atoms with E-state index in [-0.39, 0.29) is 0 Å². The highest BCUT2D eigenvalue weighted by Crippen LogP contribution is 2.35. The minimum Gasteiger partial charge on any atom is -0.437 e. The van der Waals surface area contributed by atoms with Crippen LogP contribution in [0, 0.1) is 0 Å². The van der Waals surface area contributed by atoms with Gasteiger partial charge in [0.15, 0.2) is 0 Å². The van der Waals surface area contributed by atoms with Crippen molar-refractivity contribution in [3.05, 3.63) is 71.3 Å². The third kappa shape index (κ3) is 2.26. The average Bonchev–Trinajstić information content (AvgIpc) is 2.80. The SMILES string of the molecule is CC(=O)O[C@@H]1c2ccccc2C(=O)N1C(=O)c1ccccc1. The Balaban J connectivity index is 2.04. The molecule has 0 radical (unpaired) electrons. The molecule has 5 nitrogen and oxygen atoms in total. The molecule has 0 fully saturated rings. The van der Waals surface area contributed by atoms with E-state index < -0.39 is 24.0 Å². The van der Waals surface area contributed by atoms with E-state index in [9.17, 15) is 14.4 Å². The molecular weight excluding hydrogens is 282 g/mol. The second-order valence-electron chi connectivity index (χ2n) is 4.90. The van der Waals surface area contributed by atoms with Gasteiger partial charge in [-0.05, 0) is 18.2 Å². The van der Waals surface area contributed by atoms with Crippen LogP contribution in [0.1, 0.15) is 39.4 Å². The van der Waals surface area contributed by atoms with Crippen LogP contribution in [0.5, 0.6) is 0 Å². The van der Waals surface area contributed by atoms with E-state index in [0.29, 0.717) is 16.7 Å². The molecule has 22 heavy (non-hydrogen) atoms. The van der Waals surface area contributed by atoms with Crippen LogP contribution in [-0.2, 0) is 9.53 Å². The van der Waals surface area contributed by atoms with E-state index in [1.807, 2.05) is 0 Å². The smallest absolute Gasteiger partial charge is 0.304 e. The Morgan fingerprint density at radius 3 is 2.32 bits per heavy atom. The van der Waals surface area contributed by atoms with Crippen molar-refractivity contribution in [3.8, 4) is 0 Å². The minimum atomic E-state index is -1.02. The summed E-state index contributed by atoms with van der Waals surface area (Å²) in [4.78, 5) is 37.5. The molecule has 0 spiro atoms. The molecule has 110 valence electrons. The molecule has 0 unspecified atom stereocenters. The first-order chi connectivity index (χ1) is 10.6. The Bertz CT molecular complexity index is 754. The summed E-state index contributed by atoms with van der Waals surface area (Å²) in [7, 11) is 0. The predicted molar refractivity (Wildman–Crippen MR) is 77.9 cm³/mol. The fourth-order valence-corrected chi connectivity index (χ4v) is 2.47. The molecule has 2 aromatic rings. The molecule has 2 aromatic carbocycles. The lowest BCUT2D eigenvalue weighted by molar-refractivity contribution is -0.151. The quantitative estimate of drug-likeness (QED) is 0.631. The number of ether oxygens (including phenoxy) is 1. The number of benzene rings is 2. The van der Waals surface area contributed by atoms with E-state index >= 15 is 0 Å². The summed E-state index contributed by atoms with van der Waals surface area (Å²) in [6.07, 6.45) is -1.02. The molecule has 0 aromatic heterocycles. The lowest BCUT2D eigenvalue weighted by Crippen LogP contribution is -2.36. The van der Waals surface area contributed by atoms with Gasteiger partial charge in [-0.15, -0.1) is 0 Å². The van der Waals surface area contributed by atoms with Crippen molar-refractivity contribution < 1.29 is 19.1 Å². The Labute approximate surface area is 127 Å². The molecule has 0 saturated carbocycles. The Morgan fingerprint density at radius 2 is 1.64 bits per heavy atom. The molecule has 1 aliphatic heterocycles. The van der Waals surface area contributed by atoms with Gasteiger partial charge in [-0.2, -0.15) is 0 Å². The van der Waals surface area contributed by atoms with Crippen LogP contribution in [0.25, 0.3) is 0 Å². The maximum absolute atomic E-state index is 12.6. The summed E-state index contributed by atoms with van der Waals surface area (Å²) in [5.41, 5.74) is 1.26. The van der Waals surface area contributed by atoms with E-state index in [1.54, 1.807) is 54.6 Å². The number of esters is 1. The van der Waals surface area contributed by atoms with Crippen molar-refractivity contribution in [2.75, 3.05) is 0 Å². The summed E-state index contributed by atoms with van der Waals surface area (Å²) in [5.74, 6) is -1.51. The first kappa shape index (κ1) is 14.0. The van der Waals surface area contributed by atoms with E-state index in [4.69, 9.17) is 4.74 Å². The van der Waals surface area contributed by atoms with Crippen LogP contribution in [0.3, 0.4) is 0 Å². The van der Waals surface area contributed by atoms with Crippen molar-refractivity contribution in [2.45, 2.75) is 13.2 Å². The number of hydrogen-bond donors (Lipinski definition) is 0. The van der Waals surface area contributed by atoms with Gasteiger partial charge >= 0.3 is 5.97 Å². The highest BCUT2D eigenvalue weighted by molar-refractivity contribution is 6.13. The maximum atomic E-state index is 12.6. The molecule has 3 rings (SSSR count). The second kappa shape index (κ2) is 5.44. The fourth-order valence-electron chi connectivity index (χ4n) is 2.47. The monoisotopic (exact) mass is 295 g/mol. The number of rotatable bonds is 2. The summed E-state index contributed by atoms with van der Waals surface area (Å²) in [6.45, 7) is 1.25. The minimum absolute atomic E-state index is 0.362. The van der Waals surface area contributed by atoms with Gasteiger partial charge in [0, 0.05) is 23.6 Å². The van der Waals surface area contributed by atoms with Crippen LogP contribution in [0.15, 0.2) is 54.6 Å². The van der Waals surface area contributed by atoms with E-state index in [0.717, 1.165) is 4.90 Å². The van der Waals surface area contributed by atoms with Crippen LogP contribution in [0.2, 0.25) is 0 Å². The Morgan fingerprint density at radius 1 is 1.00 bits per heavy atom. The Hall–Kier alpha value is -2.95. The van der Waals surface area contributed by atoms with Gasteiger partial charge in [0.05, 0.1) is 0 Å². The third-order valence-corrected chi connectivity index (χ3v) is 3.43. The van der Waals surface area contributed by atoms with Gasteiger partial charge in [0.25, 0.3) is 11.8 Å². The molecule has 1 heterocycles. The molecule has 2 amide bonds. The Kier molecular flexibility index (Phi) is 3.47. The first-order valence-electron chi connectivity index (χ1n) is 6.78. The summed E-state index contributed by atoms with van der Waals surface area (Å²) in [6, 6.07) is 15.2. The van der Waals surface area contributed by atoms with Gasteiger partial charge in [-0.3, -0.25) is 14.4 Å². The van der Waals surface area contributed by atoms with Gasteiger partial charge in [-0.25, -0.2) is 4.90 Å². The van der Waals surface area contributed by atoms with Gasteiger partial charge in [0.1, 0.15) is 0 Å². The van der Waals surface area contributed by atoms with Gasteiger partial charge < -0.3 is 4.74 Å². The third-order valence-electron chi connectivity index (χ3n) is 3.43. The summed E-state index contributed by atoms with van der Waals surface area (Å²) >= 11 is 0. The number of carbonyl (C=O) groups is 3. The molecule has 0 bridgehead atoms. The molecule has 5 heteroatoms. The molecule has 0 aliphatic carbocycles. The zero-order valence-electron chi connectivity index (χ0n) is 11.9. The van der Waals surface area contributed by atoms with Crippen molar-refractivity contribution in [3.63, 3.8) is 0 Å². The van der Waals surface area contributed by atoms with Gasteiger partial charge in [0.2, 0.25) is 6.23 Å². The largest absolute Gasteiger partial charge is 0.437 e. The summed E-state index contributed by atoms with van der Waals surface area (Å²) in [5, 5.41) is 0. The van der Waals surface area contributed by atoms with Crippen LogP contribution in [0.4, 0.5) is 0 Å². The fraction of sp³-hybridized carbons (Fsp3) is 0.118. The highest BCUT2D eigenvalue weighted by atomic mass is 16.6. The maximum Gasteiger partial charge on any atom is 0.304 e. The summed E-state index contributed by atoms with van der Waals surface area (Å²) < 4.78 is 5.21. The standard InChI is InChI=1S/C17H13NO4/c1-11(19)22-17-14-10-6-5-9-13(14)16(21)18(17)15(20)12-7-3-2-4-8-12/h2-10,17H,1H3/t17-/m1/s1. The normalized spacial score (nSPS) is 16.3. The van der Waals surface area contributed by atoms with Crippen molar-refractivity contribution in [2.24, 2.45) is 0 Å². The van der Waals surface area contributed by atoms with Crippen LogP contribution in [-0.4, -0.2) is 22.7 Å².